The van der Waals surface area contributed by atoms with Gasteiger partial charge in [0.25, 0.3) is 0 Å². The summed E-state index contributed by atoms with van der Waals surface area (Å²) in [4.78, 5) is 3.96. The Morgan fingerprint density at radius 1 is 1.40 bits per heavy atom. The van der Waals surface area contributed by atoms with Crippen LogP contribution < -0.4 is 11.3 Å². The first-order valence-corrected chi connectivity index (χ1v) is 4.57. The fourth-order valence-electron chi connectivity index (χ4n) is 1.21. The van der Waals surface area contributed by atoms with Crippen LogP contribution in [0.5, 0.6) is 0 Å². The third-order valence-corrected chi connectivity index (χ3v) is 1.96. The zero-order chi connectivity index (χ0) is 11.4. The zero-order valence-corrected chi connectivity index (χ0v) is 8.64. The molecule has 0 radical (unpaired) electrons. The Labute approximate surface area is 87.0 Å². The third-order valence-electron chi connectivity index (χ3n) is 1.96. The Kier molecular flexibility index (Phi) is 3.74. The van der Waals surface area contributed by atoms with E-state index in [0.29, 0.717) is 12.1 Å². The largest absolute Gasteiger partial charge is 0.308 e. The average molecular weight is 213 g/mol. The summed E-state index contributed by atoms with van der Waals surface area (Å²) in [6.45, 7) is 3.82. The van der Waals surface area contributed by atoms with E-state index in [2.05, 4.69) is 10.4 Å². The van der Waals surface area contributed by atoms with E-state index in [9.17, 15) is 8.78 Å². The summed E-state index contributed by atoms with van der Waals surface area (Å²) in [5, 5.41) is 0. The summed E-state index contributed by atoms with van der Waals surface area (Å²) in [7, 11) is 0. The minimum Gasteiger partial charge on any atom is -0.308 e. The minimum absolute atomic E-state index is 0.179. The monoisotopic (exact) mass is 213 g/mol. The number of rotatable bonds is 2. The standard InChI is InChI=1S/C10H13F2N3/c1-3-14-10(15-13)7-4-6(2)8(11)5-9(7)12/h4-5H,3,13H2,1-2H3,(H,14,15). The van der Waals surface area contributed by atoms with E-state index < -0.39 is 11.6 Å². The molecule has 0 spiro atoms. The van der Waals surface area contributed by atoms with Crippen LogP contribution in [-0.4, -0.2) is 12.4 Å². The molecule has 5 heteroatoms. The van der Waals surface area contributed by atoms with Crippen LogP contribution in [0.1, 0.15) is 18.1 Å². The highest BCUT2D eigenvalue weighted by atomic mass is 19.1. The van der Waals surface area contributed by atoms with E-state index in [1.807, 2.05) is 0 Å². The maximum Gasteiger partial charge on any atom is 0.145 e. The molecule has 1 aromatic carbocycles. The normalized spacial score (nSPS) is 11.7. The zero-order valence-electron chi connectivity index (χ0n) is 8.64. The fourth-order valence-corrected chi connectivity index (χ4v) is 1.21. The summed E-state index contributed by atoms with van der Waals surface area (Å²) in [5.74, 6) is 4.17. The van der Waals surface area contributed by atoms with Gasteiger partial charge in [-0.2, -0.15) is 0 Å². The van der Waals surface area contributed by atoms with E-state index in [-0.39, 0.29) is 11.4 Å². The summed E-state index contributed by atoms with van der Waals surface area (Å²) in [6.07, 6.45) is 0. The van der Waals surface area contributed by atoms with Gasteiger partial charge in [0.05, 0.1) is 5.56 Å². The summed E-state index contributed by atoms with van der Waals surface area (Å²) >= 11 is 0. The lowest BCUT2D eigenvalue weighted by Crippen LogP contribution is -2.32. The van der Waals surface area contributed by atoms with Crippen molar-refractivity contribution in [2.45, 2.75) is 13.8 Å². The van der Waals surface area contributed by atoms with E-state index in [0.717, 1.165) is 6.07 Å². The molecule has 3 nitrogen and oxygen atoms in total. The van der Waals surface area contributed by atoms with Gasteiger partial charge >= 0.3 is 0 Å². The van der Waals surface area contributed by atoms with Gasteiger partial charge in [-0.1, -0.05) is 0 Å². The topological polar surface area (TPSA) is 50.4 Å². The van der Waals surface area contributed by atoms with Gasteiger partial charge in [0.1, 0.15) is 17.5 Å². The van der Waals surface area contributed by atoms with Crippen molar-refractivity contribution < 1.29 is 8.78 Å². The molecule has 0 fully saturated rings. The maximum absolute atomic E-state index is 13.4. The summed E-state index contributed by atoms with van der Waals surface area (Å²) in [5.41, 5.74) is 2.83. The molecular weight excluding hydrogens is 200 g/mol. The molecule has 0 saturated heterocycles. The van der Waals surface area contributed by atoms with Gasteiger partial charge in [0.15, 0.2) is 0 Å². The number of nitrogens with zero attached hydrogens (tertiary/aromatic N) is 1. The third kappa shape index (κ3) is 2.50. The van der Waals surface area contributed by atoms with Crippen LogP contribution >= 0.6 is 0 Å². The van der Waals surface area contributed by atoms with Crippen molar-refractivity contribution >= 4 is 5.84 Å². The van der Waals surface area contributed by atoms with Gasteiger partial charge in [0, 0.05) is 12.6 Å². The molecule has 0 aliphatic carbocycles. The molecule has 15 heavy (non-hydrogen) atoms. The first-order chi connectivity index (χ1) is 7.10. The number of halogens is 2. The molecule has 0 aliphatic rings. The number of amidine groups is 1. The van der Waals surface area contributed by atoms with Gasteiger partial charge in [-0.3, -0.25) is 4.99 Å². The highest BCUT2D eigenvalue weighted by molar-refractivity contribution is 5.98. The lowest BCUT2D eigenvalue weighted by Gasteiger charge is -2.08. The lowest BCUT2D eigenvalue weighted by molar-refractivity contribution is 0.575. The Balaban J connectivity index is 3.24. The Hall–Kier alpha value is -1.49. The van der Waals surface area contributed by atoms with Gasteiger partial charge in [0.2, 0.25) is 0 Å². The molecule has 1 aromatic rings. The molecule has 0 aliphatic heterocycles. The van der Waals surface area contributed by atoms with Crippen molar-refractivity contribution in [3.8, 4) is 0 Å². The minimum atomic E-state index is -0.678. The Morgan fingerprint density at radius 3 is 2.60 bits per heavy atom. The Morgan fingerprint density at radius 2 is 2.07 bits per heavy atom. The van der Waals surface area contributed by atoms with Crippen LogP contribution in [0.25, 0.3) is 0 Å². The molecule has 0 unspecified atom stereocenters. The van der Waals surface area contributed by atoms with Crippen molar-refractivity contribution in [3.05, 3.63) is 34.9 Å². The van der Waals surface area contributed by atoms with Crippen molar-refractivity contribution in [2.24, 2.45) is 10.8 Å². The van der Waals surface area contributed by atoms with Crippen LogP contribution in [0.3, 0.4) is 0 Å². The second-order valence-electron chi connectivity index (χ2n) is 3.05. The predicted molar refractivity (Wildman–Crippen MR) is 55.5 cm³/mol. The highest BCUT2D eigenvalue weighted by Gasteiger charge is 2.11. The van der Waals surface area contributed by atoms with Crippen LogP contribution in [0, 0.1) is 18.6 Å². The second-order valence-corrected chi connectivity index (χ2v) is 3.05. The number of hydrazine groups is 1. The van der Waals surface area contributed by atoms with Gasteiger partial charge in [-0.05, 0) is 25.5 Å². The first kappa shape index (κ1) is 11.6. The fraction of sp³-hybridized carbons (Fsp3) is 0.300. The summed E-state index contributed by atoms with van der Waals surface area (Å²) < 4.78 is 26.4. The van der Waals surface area contributed by atoms with Gasteiger partial charge < -0.3 is 5.43 Å². The Bertz CT molecular complexity index is 388. The SMILES string of the molecule is CCN=C(NN)c1cc(C)c(F)cc1F. The molecule has 0 amide bonds. The molecule has 0 bridgehead atoms. The number of aliphatic imine (C=N–C) groups is 1. The van der Waals surface area contributed by atoms with Crippen molar-refractivity contribution in [1.82, 2.24) is 5.43 Å². The molecule has 0 aromatic heterocycles. The van der Waals surface area contributed by atoms with Crippen molar-refractivity contribution in [1.29, 1.82) is 0 Å². The van der Waals surface area contributed by atoms with Gasteiger partial charge in [-0.15, -0.1) is 0 Å². The molecule has 1 rings (SSSR count). The van der Waals surface area contributed by atoms with E-state index >= 15 is 0 Å². The quantitative estimate of drug-likeness (QED) is 0.338. The second kappa shape index (κ2) is 4.84. The summed E-state index contributed by atoms with van der Waals surface area (Å²) in [6, 6.07) is 2.20. The predicted octanol–water partition coefficient (Wildman–Crippen LogP) is 1.50. The first-order valence-electron chi connectivity index (χ1n) is 4.57. The number of hydrogen-bond acceptors (Lipinski definition) is 2. The van der Waals surface area contributed by atoms with E-state index in [1.165, 1.54) is 6.07 Å². The number of aryl methyl sites for hydroxylation is 1. The molecule has 3 N–H and O–H groups in total. The number of hydrogen-bond donors (Lipinski definition) is 2. The van der Waals surface area contributed by atoms with Gasteiger partial charge in [-0.25, -0.2) is 14.6 Å². The highest BCUT2D eigenvalue weighted by Crippen LogP contribution is 2.14. The number of nitrogens with one attached hydrogen (secondary N) is 1. The van der Waals surface area contributed by atoms with Crippen LogP contribution in [-0.2, 0) is 0 Å². The smallest absolute Gasteiger partial charge is 0.145 e. The van der Waals surface area contributed by atoms with E-state index in [1.54, 1.807) is 13.8 Å². The van der Waals surface area contributed by atoms with Crippen molar-refractivity contribution in [3.63, 3.8) is 0 Å². The van der Waals surface area contributed by atoms with Crippen LogP contribution in [0.2, 0.25) is 0 Å². The van der Waals surface area contributed by atoms with Crippen LogP contribution in [0.15, 0.2) is 17.1 Å². The lowest BCUT2D eigenvalue weighted by atomic mass is 10.1. The number of nitrogens with two attached hydrogens (primary N) is 1. The molecular formula is C10H13F2N3. The van der Waals surface area contributed by atoms with E-state index in [4.69, 9.17) is 5.84 Å². The molecule has 0 saturated carbocycles. The average Bonchev–Trinajstić information content (AvgIpc) is 2.20. The molecule has 82 valence electrons. The maximum atomic E-state index is 13.4. The number of benzene rings is 1. The van der Waals surface area contributed by atoms with Crippen LogP contribution in [0.4, 0.5) is 8.78 Å². The van der Waals surface area contributed by atoms with Crippen molar-refractivity contribution in [2.75, 3.05) is 6.54 Å². The molecule has 0 heterocycles. The molecule has 0 atom stereocenters.